The Kier molecular flexibility index (Phi) is 8.60. The highest BCUT2D eigenvalue weighted by Crippen LogP contribution is 2.63. The molecule has 2 heteroatoms. The Bertz CT molecular complexity index is 457. The van der Waals surface area contributed by atoms with Gasteiger partial charge in [0.1, 0.15) is 0 Å². The lowest BCUT2D eigenvalue weighted by molar-refractivity contribution is -0.125. The van der Waals surface area contributed by atoms with E-state index >= 15 is 0 Å². The Morgan fingerprint density at radius 2 is 0.933 bits per heavy atom. The van der Waals surface area contributed by atoms with Crippen molar-refractivity contribution in [3.8, 4) is 0 Å². The van der Waals surface area contributed by atoms with Gasteiger partial charge in [-0.2, -0.15) is 0 Å². The fourth-order valence-corrected chi connectivity index (χ4v) is 8.97. The first-order chi connectivity index (χ1) is 14.8. The molecule has 0 N–H and O–H groups in total. The van der Waals surface area contributed by atoms with Crippen LogP contribution in [-0.4, -0.2) is 25.9 Å². The van der Waals surface area contributed by atoms with Gasteiger partial charge < -0.3 is 9.47 Å². The van der Waals surface area contributed by atoms with Gasteiger partial charge >= 0.3 is 0 Å². The third-order valence-corrected chi connectivity index (χ3v) is 10.1. The third kappa shape index (κ3) is 4.80. The normalized spacial score (nSPS) is 35.4. The topological polar surface area (TPSA) is 18.5 Å². The summed E-state index contributed by atoms with van der Waals surface area (Å²) in [7, 11) is 1.94. The standard InChI is InChI=1S/C28H50O2/c1-3-30-27-20-16-25(17-21-27)28(22-10-6-4-7-11-22,23-12-8-5-9-13-23)24-14-18-26(29-2)19-15-24/h22-27H,3-21H2,1-2H3. The average molecular weight is 419 g/mol. The quantitative estimate of drug-likeness (QED) is 0.418. The molecular formula is C28H50O2. The molecule has 0 radical (unpaired) electrons. The zero-order chi connectivity index (χ0) is 20.8. The Hall–Kier alpha value is -0.0800. The van der Waals surface area contributed by atoms with Crippen molar-refractivity contribution in [2.45, 2.75) is 135 Å². The molecule has 4 rings (SSSR count). The summed E-state index contributed by atoms with van der Waals surface area (Å²) in [4.78, 5) is 0. The van der Waals surface area contributed by atoms with Gasteiger partial charge in [0.25, 0.3) is 0 Å². The van der Waals surface area contributed by atoms with Gasteiger partial charge in [0.05, 0.1) is 12.2 Å². The molecule has 4 fully saturated rings. The molecule has 4 saturated carbocycles. The molecule has 4 aliphatic carbocycles. The molecule has 4 aliphatic rings. The van der Waals surface area contributed by atoms with Crippen molar-refractivity contribution in [2.24, 2.45) is 29.1 Å². The lowest BCUT2D eigenvalue weighted by Crippen LogP contribution is -2.53. The van der Waals surface area contributed by atoms with E-state index in [0.29, 0.717) is 17.6 Å². The van der Waals surface area contributed by atoms with Crippen molar-refractivity contribution in [1.29, 1.82) is 0 Å². The Labute approximate surface area is 187 Å². The summed E-state index contributed by atoms with van der Waals surface area (Å²) in [5.41, 5.74) is 0.636. The maximum absolute atomic E-state index is 6.09. The first-order valence-corrected chi connectivity index (χ1v) is 13.9. The van der Waals surface area contributed by atoms with Gasteiger partial charge in [-0.1, -0.05) is 38.5 Å². The van der Waals surface area contributed by atoms with Crippen LogP contribution in [-0.2, 0) is 9.47 Å². The minimum absolute atomic E-state index is 0.533. The van der Waals surface area contributed by atoms with E-state index in [0.717, 1.165) is 30.3 Å². The lowest BCUT2D eigenvalue weighted by atomic mass is 9.45. The second-order valence-electron chi connectivity index (χ2n) is 11.3. The fourth-order valence-electron chi connectivity index (χ4n) is 8.97. The van der Waals surface area contributed by atoms with Crippen LogP contribution in [0.2, 0.25) is 0 Å². The van der Waals surface area contributed by atoms with Crippen molar-refractivity contribution in [3.05, 3.63) is 0 Å². The van der Waals surface area contributed by atoms with Crippen LogP contribution in [0.25, 0.3) is 0 Å². The van der Waals surface area contributed by atoms with Gasteiger partial charge in [-0.25, -0.2) is 0 Å². The largest absolute Gasteiger partial charge is 0.381 e. The van der Waals surface area contributed by atoms with E-state index in [1.165, 1.54) is 116 Å². The zero-order valence-corrected chi connectivity index (χ0v) is 20.2. The fraction of sp³-hybridized carbons (Fsp3) is 1.00. The Morgan fingerprint density at radius 1 is 0.533 bits per heavy atom. The van der Waals surface area contributed by atoms with Gasteiger partial charge in [-0.15, -0.1) is 0 Å². The summed E-state index contributed by atoms with van der Waals surface area (Å²) >= 11 is 0. The van der Waals surface area contributed by atoms with Gasteiger partial charge in [-0.3, -0.25) is 0 Å². The van der Waals surface area contributed by atoms with Gasteiger partial charge in [-0.05, 0) is 113 Å². The number of hydrogen-bond acceptors (Lipinski definition) is 2. The van der Waals surface area contributed by atoms with Crippen molar-refractivity contribution in [1.82, 2.24) is 0 Å². The van der Waals surface area contributed by atoms with E-state index in [-0.39, 0.29) is 0 Å². The lowest BCUT2D eigenvalue weighted by Gasteiger charge is -2.60. The highest BCUT2D eigenvalue weighted by molar-refractivity contribution is 5.04. The molecule has 0 amide bonds. The summed E-state index contributed by atoms with van der Waals surface area (Å²) in [6.07, 6.45) is 27.3. The Balaban J connectivity index is 1.63. The first-order valence-electron chi connectivity index (χ1n) is 13.9. The van der Waals surface area contributed by atoms with Crippen molar-refractivity contribution < 1.29 is 9.47 Å². The van der Waals surface area contributed by atoms with E-state index in [2.05, 4.69) is 6.92 Å². The number of methoxy groups -OCH3 is 1. The van der Waals surface area contributed by atoms with E-state index < -0.39 is 0 Å². The Morgan fingerprint density at radius 3 is 1.33 bits per heavy atom. The molecular weight excluding hydrogens is 368 g/mol. The molecule has 174 valence electrons. The molecule has 2 nitrogen and oxygen atoms in total. The SMILES string of the molecule is CCOC1CCC(C(C2CCCCC2)(C2CCCCC2)C2CCC(OC)CC2)CC1. The molecule has 0 aromatic rings. The summed E-state index contributed by atoms with van der Waals surface area (Å²) in [6.45, 7) is 3.07. The molecule has 0 heterocycles. The van der Waals surface area contributed by atoms with E-state index in [1.54, 1.807) is 0 Å². The zero-order valence-electron chi connectivity index (χ0n) is 20.2. The van der Waals surface area contributed by atoms with Crippen LogP contribution in [0.15, 0.2) is 0 Å². The summed E-state index contributed by atoms with van der Waals surface area (Å²) in [6, 6.07) is 0. The monoisotopic (exact) mass is 418 g/mol. The molecule has 0 aromatic carbocycles. The van der Waals surface area contributed by atoms with Crippen LogP contribution in [0.5, 0.6) is 0 Å². The molecule has 30 heavy (non-hydrogen) atoms. The van der Waals surface area contributed by atoms with E-state index in [1.807, 2.05) is 7.11 Å². The summed E-state index contributed by atoms with van der Waals surface area (Å²) in [5, 5.41) is 0. The second-order valence-corrected chi connectivity index (χ2v) is 11.3. The number of rotatable bonds is 7. The van der Waals surface area contributed by atoms with E-state index in [4.69, 9.17) is 9.47 Å². The molecule has 0 saturated heterocycles. The minimum atomic E-state index is 0.533. The summed E-state index contributed by atoms with van der Waals surface area (Å²) in [5.74, 6) is 3.94. The molecule has 0 aromatic heterocycles. The van der Waals surface area contributed by atoms with Crippen LogP contribution in [0.1, 0.15) is 122 Å². The highest BCUT2D eigenvalue weighted by Gasteiger charge is 2.55. The molecule has 0 atom stereocenters. The van der Waals surface area contributed by atoms with Crippen molar-refractivity contribution >= 4 is 0 Å². The first kappa shape index (κ1) is 23.1. The maximum Gasteiger partial charge on any atom is 0.0575 e. The van der Waals surface area contributed by atoms with Gasteiger partial charge in [0.2, 0.25) is 0 Å². The average Bonchev–Trinajstić information content (AvgIpc) is 2.83. The maximum atomic E-state index is 6.09. The number of hydrogen-bond donors (Lipinski definition) is 0. The van der Waals surface area contributed by atoms with Crippen LogP contribution in [0.3, 0.4) is 0 Å². The highest BCUT2D eigenvalue weighted by atomic mass is 16.5. The molecule has 0 bridgehead atoms. The predicted octanol–water partition coefficient (Wildman–Crippen LogP) is 7.93. The second kappa shape index (κ2) is 11.2. The van der Waals surface area contributed by atoms with Crippen LogP contribution in [0.4, 0.5) is 0 Å². The molecule has 0 spiro atoms. The third-order valence-electron chi connectivity index (χ3n) is 10.1. The molecule has 0 unspecified atom stereocenters. The van der Waals surface area contributed by atoms with Gasteiger partial charge in [0, 0.05) is 13.7 Å². The minimum Gasteiger partial charge on any atom is -0.381 e. The smallest absolute Gasteiger partial charge is 0.0575 e. The van der Waals surface area contributed by atoms with Gasteiger partial charge in [0.15, 0.2) is 0 Å². The van der Waals surface area contributed by atoms with Crippen LogP contribution < -0.4 is 0 Å². The summed E-state index contributed by atoms with van der Waals surface area (Å²) < 4.78 is 11.9. The van der Waals surface area contributed by atoms with Crippen molar-refractivity contribution in [2.75, 3.05) is 13.7 Å². The van der Waals surface area contributed by atoms with E-state index in [9.17, 15) is 0 Å². The van der Waals surface area contributed by atoms with Crippen LogP contribution >= 0.6 is 0 Å². The van der Waals surface area contributed by atoms with Crippen LogP contribution in [0, 0.1) is 29.1 Å². The molecule has 0 aliphatic heterocycles. The predicted molar refractivity (Wildman–Crippen MR) is 126 cm³/mol. The number of ether oxygens (including phenoxy) is 2. The van der Waals surface area contributed by atoms with Crippen molar-refractivity contribution in [3.63, 3.8) is 0 Å².